The van der Waals surface area contributed by atoms with Gasteiger partial charge in [0.05, 0.1) is 6.26 Å². The Morgan fingerprint density at radius 3 is 2.44 bits per heavy atom. The van der Waals surface area contributed by atoms with E-state index >= 15 is 0 Å². The van der Waals surface area contributed by atoms with Crippen LogP contribution in [0.3, 0.4) is 0 Å². The van der Waals surface area contributed by atoms with E-state index in [4.69, 9.17) is 0 Å². The smallest absolute Gasteiger partial charge is 0.208 e. The highest BCUT2D eigenvalue weighted by Crippen LogP contribution is 1.72. The van der Waals surface area contributed by atoms with Crippen molar-refractivity contribution >= 4 is 40.0 Å². The number of hydrogen-bond donors (Lipinski definition) is 3. The molecule has 16 heavy (non-hydrogen) atoms. The largest absolute Gasteiger partial charge is 0.355 e. The fraction of sp³-hybridized carbons (Fsp3) is 0.625. The second kappa shape index (κ2) is 9.85. The van der Waals surface area contributed by atoms with E-state index in [0.717, 1.165) is 6.26 Å². The van der Waals surface area contributed by atoms with Crippen LogP contribution in [0.5, 0.6) is 0 Å². The molecule has 96 valence electrons. The Bertz CT molecular complexity index is 316. The van der Waals surface area contributed by atoms with E-state index in [1.54, 1.807) is 13.1 Å². The molecule has 0 aliphatic rings. The zero-order valence-corrected chi connectivity index (χ0v) is 12.6. The summed E-state index contributed by atoms with van der Waals surface area (Å²) in [5, 5.41) is 5.90. The fourth-order valence-corrected chi connectivity index (χ4v) is 1.28. The first-order chi connectivity index (χ1) is 6.99. The van der Waals surface area contributed by atoms with Crippen molar-refractivity contribution in [2.75, 3.05) is 32.9 Å². The minimum Gasteiger partial charge on any atom is -0.355 e. The van der Waals surface area contributed by atoms with Gasteiger partial charge in [-0.3, -0.25) is 4.99 Å². The van der Waals surface area contributed by atoms with Crippen LogP contribution in [0.2, 0.25) is 0 Å². The third-order valence-electron chi connectivity index (χ3n) is 1.42. The van der Waals surface area contributed by atoms with Crippen LogP contribution in [-0.2, 0) is 10.0 Å². The zero-order chi connectivity index (χ0) is 11.7. The molecule has 0 saturated heterocycles. The molecule has 6 nitrogen and oxygen atoms in total. The molecule has 0 aromatic carbocycles. The Kier molecular flexibility index (Phi) is 11.1. The van der Waals surface area contributed by atoms with Gasteiger partial charge in [-0.05, 0) is 0 Å². The van der Waals surface area contributed by atoms with Crippen LogP contribution in [0.15, 0.2) is 17.6 Å². The van der Waals surface area contributed by atoms with Crippen molar-refractivity contribution < 1.29 is 8.42 Å². The highest BCUT2D eigenvalue weighted by Gasteiger charge is 1.99. The fourth-order valence-electron chi connectivity index (χ4n) is 0.807. The maximum atomic E-state index is 10.7. The molecule has 0 bridgehead atoms. The second-order valence-corrected chi connectivity index (χ2v) is 4.67. The molecule has 0 rings (SSSR count). The number of aliphatic imine (C=N–C) groups is 1. The van der Waals surface area contributed by atoms with Gasteiger partial charge in [0.15, 0.2) is 5.96 Å². The van der Waals surface area contributed by atoms with Gasteiger partial charge >= 0.3 is 0 Å². The molecule has 0 radical (unpaired) electrons. The molecule has 0 aromatic rings. The molecule has 0 aromatic heterocycles. The maximum absolute atomic E-state index is 10.7. The second-order valence-electron chi connectivity index (χ2n) is 2.84. The van der Waals surface area contributed by atoms with E-state index in [-0.39, 0.29) is 24.0 Å². The van der Waals surface area contributed by atoms with E-state index in [1.807, 2.05) is 0 Å². The van der Waals surface area contributed by atoms with Crippen molar-refractivity contribution in [2.45, 2.75) is 0 Å². The summed E-state index contributed by atoms with van der Waals surface area (Å²) < 4.78 is 23.8. The Morgan fingerprint density at radius 2 is 2.00 bits per heavy atom. The molecular weight excluding hydrogens is 343 g/mol. The highest BCUT2D eigenvalue weighted by atomic mass is 127. The van der Waals surface area contributed by atoms with E-state index in [9.17, 15) is 8.42 Å². The molecule has 0 heterocycles. The van der Waals surface area contributed by atoms with Gasteiger partial charge in [0, 0.05) is 26.7 Å². The number of guanidine groups is 1. The molecular formula is C8H19IN4O2S. The molecule has 0 aliphatic heterocycles. The van der Waals surface area contributed by atoms with Crippen LogP contribution in [0.4, 0.5) is 0 Å². The third kappa shape index (κ3) is 11.7. The summed E-state index contributed by atoms with van der Waals surface area (Å²) in [5.41, 5.74) is 0. The molecule has 0 saturated carbocycles. The number of hydrogen-bond acceptors (Lipinski definition) is 3. The van der Waals surface area contributed by atoms with Gasteiger partial charge < -0.3 is 10.6 Å². The van der Waals surface area contributed by atoms with Crippen LogP contribution < -0.4 is 15.4 Å². The highest BCUT2D eigenvalue weighted by molar-refractivity contribution is 14.0. The van der Waals surface area contributed by atoms with Crippen molar-refractivity contribution in [3.63, 3.8) is 0 Å². The number of rotatable bonds is 6. The Balaban J connectivity index is 0. The first kappa shape index (κ1) is 18.0. The van der Waals surface area contributed by atoms with Gasteiger partial charge in [-0.1, -0.05) is 6.08 Å². The lowest BCUT2D eigenvalue weighted by atomic mass is 10.6. The summed E-state index contributed by atoms with van der Waals surface area (Å²) in [6.45, 7) is 4.97. The van der Waals surface area contributed by atoms with E-state index < -0.39 is 10.0 Å². The van der Waals surface area contributed by atoms with Crippen LogP contribution in [0.25, 0.3) is 0 Å². The minimum atomic E-state index is -3.11. The first-order valence-electron chi connectivity index (χ1n) is 4.49. The van der Waals surface area contributed by atoms with Crippen molar-refractivity contribution in [1.82, 2.24) is 15.4 Å². The average molecular weight is 362 g/mol. The van der Waals surface area contributed by atoms with Gasteiger partial charge in [0.1, 0.15) is 0 Å². The van der Waals surface area contributed by atoms with Gasteiger partial charge in [0.25, 0.3) is 0 Å². The normalized spacial score (nSPS) is 11.5. The van der Waals surface area contributed by atoms with Crippen molar-refractivity contribution in [1.29, 1.82) is 0 Å². The standard InChI is InChI=1S/C8H18N4O2S.HI/c1-4-5-10-8(9-2)11-6-7-12-15(3,13)14;/h4,12H,1,5-7H2,2-3H3,(H2,9,10,11);1H. The first-order valence-corrected chi connectivity index (χ1v) is 6.39. The monoisotopic (exact) mass is 362 g/mol. The molecule has 0 fully saturated rings. The number of nitrogens with zero attached hydrogens (tertiary/aromatic N) is 1. The third-order valence-corrected chi connectivity index (χ3v) is 2.15. The predicted molar refractivity (Wildman–Crippen MR) is 77.8 cm³/mol. The Hall–Kier alpha value is -0.350. The van der Waals surface area contributed by atoms with E-state index in [1.165, 1.54) is 0 Å². The van der Waals surface area contributed by atoms with Gasteiger partial charge in [0.2, 0.25) is 10.0 Å². The summed E-state index contributed by atoms with van der Waals surface area (Å²) in [7, 11) is -1.47. The topological polar surface area (TPSA) is 82.6 Å². The summed E-state index contributed by atoms with van der Waals surface area (Å²) in [6, 6.07) is 0. The van der Waals surface area contributed by atoms with Crippen LogP contribution in [0.1, 0.15) is 0 Å². The zero-order valence-electron chi connectivity index (χ0n) is 9.49. The van der Waals surface area contributed by atoms with Crippen LogP contribution in [-0.4, -0.2) is 47.3 Å². The molecule has 8 heteroatoms. The average Bonchev–Trinajstić information content (AvgIpc) is 2.15. The number of halogens is 1. The summed E-state index contributed by atoms with van der Waals surface area (Å²) in [6.07, 6.45) is 2.83. The van der Waals surface area contributed by atoms with E-state index in [2.05, 4.69) is 26.9 Å². The quantitative estimate of drug-likeness (QED) is 0.196. The SMILES string of the molecule is C=CCNC(=NC)NCCNS(C)(=O)=O.I. The summed E-state index contributed by atoms with van der Waals surface area (Å²) in [4.78, 5) is 3.93. The summed E-state index contributed by atoms with van der Waals surface area (Å²) >= 11 is 0. The molecule has 0 aliphatic carbocycles. The van der Waals surface area contributed by atoms with Crippen molar-refractivity contribution in [3.8, 4) is 0 Å². The van der Waals surface area contributed by atoms with Crippen molar-refractivity contribution in [3.05, 3.63) is 12.7 Å². The van der Waals surface area contributed by atoms with Gasteiger partial charge in [-0.25, -0.2) is 13.1 Å². The van der Waals surface area contributed by atoms with Crippen molar-refractivity contribution in [2.24, 2.45) is 4.99 Å². The van der Waals surface area contributed by atoms with E-state index in [0.29, 0.717) is 25.6 Å². The Labute approximate surface area is 114 Å². The molecule has 0 unspecified atom stereocenters. The molecule has 3 N–H and O–H groups in total. The van der Waals surface area contributed by atoms with Crippen LogP contribution >= 0.6 is 24.0 Å². The number of nitrogens with one attached hydrogen (secondary N) is 3. The maximum Gasteiger partial charge on any atom is 0.208 e. The van der Waals surface area contributed by atoms with Gasteiger partial charge in [-0.15, -0.1) is 30.6 Å². The lowest BCUT2D eigenvalue weighted by molar-refractivity contribution is 0.587. The summed E-state index contributed by atoms with van der Waals surface area (Å²) in [5.74, 6) is 0.616. The molecule has 0 atom stereocenters. The minimum absolute atomic E-state index is 0. The van der Waals surface area contributed by atoms with Gasteiger partial charge in [-0.2, -0.15) is 0 Å². The lowest BCUT2D eigenvalue weighted by Crippen LogP contribution is -2.41. The lowest BCUT2D eigenvalue weighted by Gasteiger charge is -2.10. The predicted octanol–water partition coefficient (Wildman–Crippen LogP) is -0.495. The number of sulfonamides is 1. The molecule has 0 spiro atoms. The molecule has 0 amide bonds. The van der Waals surface area contributed by atoms with Crippen LogP contribution in [0, 0.1) is 0 Å². The Morgan fingerprint density at radius 1 is 1.38 bits per heavy atom.